The van der Waals surface area contributed by atoms with Crippen LogP contribution in [-0.2, 0) is 19.1 Å². The summed E-state index contributed by atoms with van der Waals surface area (Å²) < 4.78 is 4.81. The van der Waals surface area contributed by atoms with Crippen LogP contribution in [0.4, 0.5) is 0 Å². The Labute approximate surface area is 134 Å². The second-order valence-corrected chi connectivity index (χ2v) is 5.19. The predicted octanol–water partition coefficient (Wildman–Crippen LogP) is 0.279. The Morgan fingerprint density at radius 3 is 2.39 bits per heavy atom. The van der Waals surface area contributed by atoms with E-state index >= 15 is 0 Å². The average Bonchev–Trinajstić information content (AvgIpc) is 2.52. The van der Waals surface area contributed by atoms with Gasteiger partial charge in [0.05, 0.1) is 13.0 Å². The molecular weight excluding hydrogens is 300 g/mol. The normalized spacial score (nSPS) is 14.4. The minimum Gasteiger partial charge on any atom is -0.466 e. The first kappa shape index (κ1) is 18.6. The molecule has 0 aliphatic heterocycles. The zero-order chi connectivity index (χ0) is 17.4. The van der Waals surface area contributed by atoms with Crippen LogP contribution in [0.3, 0.4) is 0 Å². The van der Waals surface area contributed by atoms with Gasteiger partial charge in [0.1, 0.15) is 6.04 Å². The van der Waals surface area contributed by atoms with E-state index in [2.05, 4.69) is 5.32 Å². The molecule has 7 nitrogen and oxygen atoms in total. The number of primary amides is 1. The Morgan fingerprint density at radius 2 is 1.87 bits per heavy atom. The highest BCUT2D eigenvalue weighted by Crippen LogP contribution is 2.15. The molecule has 4 N–H and O–H groups in total. The lowest BCUT2D eigenvalue weighted by Gasteiger charge is -2.23. The van der Waals surface area contributed by atoms with Gasteiger partial charge in [0.15, 0.2) is 6.10 Å². The Kier molecular flexibility index (Phi) is 7.21. The standard InChI is InChI=1S/C16H22N2O5/c1-3-23-12(19)9-10(2)13(15(17)21)18-16(22)14(20)11-7-5-4-6-8-11/h4-8,10,13-14,20H,3,9H2,1-2H3,(H2,17,21)(H,18,22)/t10-,13+,14+/m1/s1. The number of esters is 1. The summed E-state index contributed by atoms with van der Waals surface area (Å²) in [5.41, 5.74) is 5.68. The molecule has 1 aromatic rings. The predicted molar refractivity (Wildman–Crippen MR) is 82.9 cm³/mol. The van der Waals surface area contributed by atoms with Gasteiger partial charge < -0.3 is 20.9 Å². The van der Waals surface area contributed by atoms with Crippen LogP contribution in [0.15, 0.2) is 30.3 Å². The number of amides is 2. The first-order chi connectivity index (χ1) is 10.9. The topological polar surface area (TPSA) is 119 Å². The monoisotopic (exact) mass is 322 g/mol. The zero-order valence-electron chi connectivity index (χ0n) is 13.2. The first-order valence-corrected chi connectivity index (χ1v) is 7.35. The van der Waals surface area contributed by atoms with Crippen molar-refractivity contribution in [3.8, 4) is 0 Å². The van der Waals surface area contributed by atoms with Crippen molar-refractivity contribution in [1.29, 1.82) is 0 Å². The molecule has 1 rings (SSSR count). The van der Waals surface area contributed by atoms with Gasteiger partial charge in [-0.25, -0.2) is 0 Å². The number of hydrogen-bond acceptors (Lipinski definition) is 5. The van der Waals surface area contributed by atoms with Gasteiger partial charge in [0.2, 0.25) is 5.91 Å². The van der Waals surface area contributed by atoms with Crippen LogP contribution in [-0.4, -0.2) is 35.5 Å². The van der Waals surface area contributed by atoms with E-state index in [1.54, 1.807) is 44.2 Å². The summed E-state index contributed by atoms with van der Waals surface area (Å²) >= 11 is 0. The minimum absolute atomic E-state index is 0.0663. The molecule has 0 heterocycles. The van der Waals surface area contributed by atoms with Crippen LogP contribution in [0.2, 0.25) is 0 Å². The highest BCUT2D eigenvalue weighted by atomic mass is 16.5. The maximum atomic E-state index is 12.1. The third kappa shape index (κ3) is 5.71. The molecule has 2 amide bonds. The lowest BCUT2D eigenvalue weighted by molar-refractivity contribution is -0.145. The SMILES string of the molecule is CCOC(=O)C[C@@H](C)[C@H](NC(=O)[C@@H](O)c1ccccc1)C(N)=O. The molecule has 0 fully saturated rings. The number of hydrogen-bond donors (Lipinski definition) is 3. The van der Waals surface area contributed by atoms with E-state index in [0.29, 0.717) is 5.56 Å². The number of nitrogens with two attached hydrogens (primary N) is 1. The van der Waals surface area contributed by atoms with Gasteiger partial charge in [-0.1, -0.05) is 37.3 Å². The van der Waals surface area contributed by atoms with E-state index in [-0.39, 0.29) is 13.0 Å². The summed E-state index contributed by atoms with van der Waals surface area (Å²) in [5, 5.41) is 12.4. The van der Waals surface area contributed by atoms with Crippen molar-refractivity contribution in [3.05, 3.63) is 35.9 Å². The Bertz CT molecular complexity index is 547. The molecule has 1 aromatic carbocycles. The molecule has 3 atom stereocenters. The summed E-state index contributed by atoms with van der Waals surface area (Å²) in [6.45, 7) is 3.50. The summed E-state index contributed by atoms with van der Waals surface area (Å²) in [6, 6.07) is 7.21. The van der Waals surface area contributed by atoms with Crippen molar-refractivity contribution in [2.75, 3.05) is 6.61 Å². The lowest BCUT2D eigenvalue weighted by atomic mass is 9.97. The van der Waals surface area contributed by atoms with Crippen molar-refractivity contribution in [2.24, 2.45) is 11.7 Å². The smallest absolute Gasteiger partial charge is 0.306 e. The van der Waals surface area contributed by atoms with E-state index in [0.717, 1.165) is 0 Å². The van der Waals surface area contributed by atoms with Crippen molar-refractivity contribution in [1.82, 2.24) is 5.32 Å². The second-order valence-electron chi connectivity index (χ2n) is 5.19. The fourth-order valence-corrected chi connectivity index (χ4v) is 2.11. The largest absolute Gasteiger partial charge is 0.466 e. The van der Waals surface area contributed by atoms with Crippen molar-refractivity contribution >= 4 is 17.8 Å². The summed E-state index contributed by atoms with van der Waals surface area (Å²) in [6.07, 6.45) is -1.49. The number of carbonyl (C=O) groups is 3. The molecule has 0 aromatic heterocycles. The highest BCUT2D eigenvalue weighted by molar-refractivity contribution is 5.89. The molecule has 0 unspecified atom stereocenters. The summed E-state index contributed by atoms with van der Waals surface area (Å²) in [7, 11) is 0. The lowest BCUT2D eigenvalue weighted by Crippen LogP contribution is -2.50. The van der Waals surface area contributed by atoms with Crippen molar-refractivity contribution in [3.63, 3.8) is 0 Å². The van der Waals surface area contributed by atoms with E-state index < -0.39 is 35.8 Å². The fraction of sp³-hybridized carbons (Fsp3) is 0.438. The maximum absolute atomic E-state index is 12.1. The average molecular weight is 322 g/mol. The molecule has 0 saturated heterocycles. The third-order valence-corrected chi connectivity index (χ3v) is 3.33. The molecule has 0 aliphatic carbocycles. The second kappa shape index (κ2) is 8.89. The molecule has 126 valence electrons. The summed E-state index contributed by atoms with van der Waals surface area (Å²) in [4.78, 5) is 35.1. The fourth-order valence-electron chi connectivity index (χ4n) is 2.11. The van der Waals surface area contributed by atoms with Crippen molar-refractivity contribution in [2.45, 2.75) is 32.4 Å². The van der Waals surface area contributed by atoms with Gasteiger partial charge in [-0.15, -0.1) is 0 Å². The van der Waals surface area contributed by atoms with Crippen LogP contribution in [0, 0.1) is 5.92 Å². The van der Waals surface area contributed by atoms with Gasteiger partial charge in [-0.05, 0) is 18.4 Å². The summed E-state index contributed by atoms with van der Waals surface area (Å²) in [5.74, 6) is -2.58. The van der Waals surface area contributed by atoms with Gasteiger partial charge >= 0.3 is 5.97 Å². The number of aliphatic hydroxyl groups is 1. The van der Waals surface area contributed by atoms with Crippen LogP contribution in [0.25, 0.3) is 0 Å². The number of ether oxygens (including phenoxy) is 1. The Morgan fingerprint density at radius 1 is 1.26 bits per heavy atom. The van der Waals surface area contributed by atoms with Gasteiger partial charge in [-0.2, -0.15) is 0 Å². The molecular formula is C16H22N2O5. The zero-order valence-corrected chi connectivity index (χ0v) is 13.2. The number of rotatable bonds is 8. The number of nitrogens with one attached hydrogen (secondary N) is 1. The molecule has 0 saturated carbocycles. The van der Waals surface area contributed by atoms with Crippen LogP contribution in [0.5, 0.6) is 0 Å². The van der Waals surface area contributed by atoms with Crippen LogP contribution in [0.1, 0.15) is 31.9 Å². The van der Waals surface area contributed by atoms with E-state index in [9.17, 15) is 19.5 Å². The van der Waals surface area contributed by atoms with Gasteiger partial charge in [-0.3, -0.25) is 14.4 Å². The van der Waals surface area contributed by atoms with E-state index in [1.807, 2.05) is 0 Å². The molecule has 0 aliphatic rings. The third-order valence-electron chi connectivity index (χ3n) is 3.33. The molecule has 7 heteroatoms. The number of carbonyl (C=O) groups excluding carboxylic acids is 3. The van der Waals surface area contributed by atoms with Crippen LogP contribution < -0.4 is 11.1 Å². The van der Waals surface area contributed by atoms with E-state index in [1.165, 1.54) is 0 Å². The molecule has 0 bridgehead atoms. The van der Waals surface area contributed by atoms with E-state index in [4.69, 9.17) is 10.5 Å². The molecule has 0 spiro atoms. The number of benzene rings is 1. The molecule has 0 radical (unpaired) electrons. The maximum Gasteiger partial charge on any atom is 0.306 e. The highest BCUT2D eigenvalue weighted by Gasteiger charge is 2.29. The van der Waals surface area contributed by atoms with Gasteiger partial charge in [0.25, 0.3) is 5.91 Å². The Hall–Kier alpha value is -2.41. The van der Waals surface area contributed by atoms with Crippen molar-refractivity contribution < 1.29 is 24.2 Å². The Balaban J connectivity index is 2.73. The first-order valence-electron chi connectivity index (χ1n) is 7.35. The molecule has 23 heavy (non-hydrogen) atoms. The van der Waals surface area contributed by atoms with Crippen LogP contribution >= 0.6 is 0 Å². The number of aliphatic hydroxyl groups excluding tert-OH is 1. The van der Waals surface area contributed by atoms with Gasteiger partial charge in [0, 0.05) is 0 Å². The quantitative estimate of drug-likeness (QED) is 0.594. The minimum atomic E-state index is -1.42.